The van der Waals surface area contributed by atoms with Gasteiger partial charge in [0, 0.05) is 12.6 Å². The predicted octanol–water partition coefficient (Wildman–Crippen LogP) is 3.48. The highest BCUT2D eigenvalue weighted by Gasteiger charge is 2.28. The second-order valence-electron chi connectivity index (χ2n) is 5.33. The molecule has 1 fully saturated rings. The van der Waals surface area contributed by atoms with Gasteiger partial charge in [-0.2, -0.15) is 0 Å². The third-order valence-electron chi connectivity index (χ3n) is 3.61. The summed E-state index contributed by atoms with van der Waals surface area (Å²) < 4.78 is 0.523. The first-order valence-electron chi connectivity index (χ1n) is 7.36. The summed E-state index contributed by atoms with van der Waals surface area (Å²) in [5.41, 5.74) is 1.60. The molecule has 0 saturated carbocycles. The van der Waals surface area contributed by atoms with Crippen molar-refractivity contribution in [1.29, 1.82) is 0 Å². The molecule has 0 radical (unpaired) electrons. The van der Waals surface area contributed by atoms with Gasteiger partial charge in [-0.05, 0) is 35.9 Å². The Labute approximate surface area is 154 Å². The van der Waals surface area contributed by atoms with Gasteiger partial charge in [-0.1, -0.05) is 48.2 Å². The van der Waals surface area contributed by atoms with Crippen molar-refractivity contribution in [2.24, 2.45) is 0 Å². The Hall–Kier alpha value is -2.64. The largest absolute Gasteiger partial charge is 0.506 e. The van der Waals surface area contributed by atoms with E-state index in [4.69, 9.17) is 12.2 Å². The number of carbonyl (C=O) groups excluding carboxylic acids is 2. The number of hydrogen-bond donors (Lipinski definition) is 2. The summed E-state index contributed by atoms with van der Waals surface area (Å²) in [6.07, 6.45) is 1.74. The van der Waals surface area contributed by atoms with Gasteiger partial charge in [-0.25, -0.2) is 0 Å². The Morgan fingerprint density at radius 1 is 1.20 bits per heavy atom. The minimum Gasteiger partial charge on any atom is -0.506 e. The fourth-order valence-corrected chi connectivity index (χ4v) is 3.38. The number of carbonyl (C=O) groups is 2. The van der Waals surface area contributed by atoms with Crippen LogP contribution >= 0.6 is 24.0 Å². The number of rotatable bonds is 3. The van der Waals surface area contributed by atoms with Gasteiger partial charge in [0.15, 0.2) is 0 Å². The number of phenolic OH excluding ortho intramolecular Hbond substituents is 1. The fraction of sp³-hybridized carbons (Fsp3) is 0.0556. The lowest BCUT2D eigenvalue weighted by Gasteiger charge is -2.07. The van der Waals surface area contributed by atoms with Crippen LogP contribution in [-0.2, 0) is 4.79 Å². The number of benzene rings is 2. The summed E-state index contributed by atoms with van der Waals surface area (Å²) >= 11 is 6.35. The van der Waals surface area contributed by atoms with Gasteiger partial charge in [0.2, 0.25) is 0 Å². The van der Waals surface area contributed by atoms with Gasteiger partial charge in [-0.15, -0.1) is 0 Å². The quantitative estimate of drug-likeness (QED) is 0.492. The van der Waals surface area contributed by atoms with Crippen molar-refractivity contribution >= 4 is 51.9 Å². The maximum atomic E-state index is 12.2. The highest BCUT2D eigenvalue weighted by molar-refractivity contribution is 8.26. The van der Waals surface area contributed by atoms with Gasteiger partial charge in [0.25, 0.3) is 11.8 Å². The van der Waals surface area contributed by atoms with E-state index in [0.717, 1.165) is 5.56 Å². The number of likely N-dealkylation sites (N-methyl/N-ethyl adjacent to an activating group) is 1. The molecule has 0 spiro atoms. The first kappa shape index (κ1) is 17.2. The van der Waals surface area contributed by atoms with Crippen LogP contribution in [0.5, 0.6) is 5.75 Å². The van der Waals surface area contributed by atoms with E-state index in [1.165, 1.54) is 22.7 Å². The molecule has 1 saturated heterocycles. The molecule has 0 unspecified atom stereocenters. The highest BCUT2D eigenvalue weighted by atomic mass is 32.2. The van der Waals surface area contributed by atoms with Crippen LogP contribution in [0.1, 0.15) is 15.9 Å². The van der Waals surface area contributed by atoms with Gasteiger partial charge in [0.1, 0.15) is 10.1 Å². The van der Waals surface area contributed by atoms with Crippen LogP contribution in [0.15, 0.2) is 53.4 Å². The maximum absolute atomic E-state index is 12.2. The van der Waals surface area contributed by atoms with Crippen LogP contribution in [0.2, 0.25) is 0 Å². The van der Waals surface area contributed by atoms with Crippen molar-refractivity contribution in [2.45, 2.75) is 0 Å². The molecule has 1 heterocycles. The third kappa shape index (κ3) is 3.72. The number of hydrogen-bond acceptors (Lipinski definition) is 5. The predicted molar refractivity (Wildman–Crippen MR) is 103 cm³/mol. The zero-order valence-corrected chi connectivity index (χ0v) is 14.9. The summed E-state index contributed by atoms with van der Waals surface area (Å²) in [5, 5.41) is 12.4. The number of nitrogens with one attached hydrogen (secondary N) is 1. The second kappa shape index (κ2) is 7.08. The minimum atomic E-state index is -0.326. The molecule has 2 aromatic rings. The van der Waals surface area contributed by atoms with Crippen LogP contribution in [-0.4, -0.2) is 33.2 Å². The van der Waals surface area contributed by atoms with Crippen molar-refractivity contribution in [3.05, 3.63) is 64.6 Å². The molecule has 25 heavy (non-hydrogen) atoms. The van der Waals surface area contributed by atoms with Gasteiger partial charge in [-0.3, -0.25) is 14.5 Å². The molecule has 0 aromatic heterocycles. The van der Waals surface area contributed by atoms with E-state index in [1.54, 1.807) is 55.6 Å². The molecule has 1 aliphatic rings. The van der Waals surface area contributed by atoms with Crippen molar-refractivity contribution in [3.8, 4) is 5.75 Å². The molecule has 0 atom stereocenters. The van der Waals surface area contributed by atoms with E-state index < -0.39 is 0 Å². The first-order chi connectivity index (χ1) is 12.0. The number of phenols is 1. The molecule has 126 valence electrons. The van der Waals surface area contributed by atoms with Crippen LogP contribution in [0.25, 0.3) is 6.08 Å². The number of amides is 2. The van der Waals surface area contributed by atoms with E-state index in [0.29, 0.717) is 20.5 Å². The van der Waals surface area contributed by atoms with Gasteiger partial charge < -0.3 is 10.4 Å². The van der Waals surface area contributed by atoms with Crippen molar-refractivity contribution < 1.29 is 14.7 Å². The molecule has 0 aliphatic carbocycles. The van der Waals surface area contributed by atoms with E-state index in [-0.39, 0.29) is 17.6 Å². The second-order valence-corrected chi connectivity index (χ2v) is 7.01. The summed E-state index contributed by atoms with van der Waals surface area (Å²) in [5.74, 6) is -0.446. The molecular weight excluding hydrogens is 356 g/mol. The molecule has 5 nitrogen and oxygen atoms in total. The number of nitrogens with zero attached hydrogens (tertiary/aromatic N) is 1. The molecule has 2 N–H and O–H groups in total. The summed E-state index contributed by atoms with van der Waals surface area (Å²) in [6, 6.07) is 13.4. The Morgan fingerprint density at radius 2 is 1.88 bits per heavy atom. The van der Waals surface area contributed by atoms with Crippen LogP contribution in [0, 0.1) is 0 Å². The minimum absolute atomic E-state index is 0.00839. The molecule has 2 amide bonds. The number of thiocarbonyl (C=S) groups is 1. The van der Waals surface area contributed by atoms with Gasteiger partial charge in [0.05, 0.1) is 10.6 Å². The van der Waals surface area contributed by atoms with Crippen LogP contribution in [0.4, 0.5) is 5.69 Å². The standard InChI is InChI=1S/C18H14N2O3S2/c1-20-17(23)15(25-18(20)24)10-11-6-8-12(9-7-11)16(22)19-13-4-2-3-5-14(13)21/h2-10,21H,1H3,(H,19,22). The smallest absolute Gasteiger partial charge is 0.265 e. The molecule has 1 aliphatic heterocycles. The molecule has 3 rings (SSSR count). The Bertz CT molecular complexity index is 891. The van der Waals surface area contributed by atoms with E-state index in [2.05, 4.69) is 5.32 Å². The van der Waals surface area contributed by atoms with Crippen molar-refractivity contribution in [1.82, 2.24) is 4.90 Å². The van der Waals surface area contributed by atoms with Crippen molar-refractivity contribution in [3.63, 3.8) is 0 Å². The zero-order chi connectivity index (χ0) is 18.0. The lowest BCUT2D eigenvalue weighted by atomic mass is 10.1. The monoisotopic (exact) mass is 370 g/mol. The topological polar surface area (TPSA) is 69.6 Å². The lowest BCUT2D eigenvalue weighted by Crippen LogP contribution is -2.22. The van der Waals surface area contributed by atoms with E-state index >= 15 is 0 Å². The summed E-state index contributed by atoms with van der Waals surface area (Å²) in [7, 11) is 1.64. The first-order valence-corrected chi connectivity index (χ1v) is 8.59. The maximum Gasteiger partial charge on any atom is 0.265 e. The Balaban J connectivity index is 1.74. The molecule has 7 heteroatoms. The summed E-state index contributed by atoms with van der Waals surface area (Å²) in [4.78, 5) is 26.2. The molecule has 2 aromatic carbocycles. The van der Waals surface area contributed by atoms with Crippen LogP contribution < -0.4 is 5.32 Å². The lowest BCUT2D eigenvalue weighted by molar-refractivity contribution is -0.121. The number of para-hydroxylation sites is 2. The van der Waals surface area contributed by atoms with E-state index in [1.807, 2.05) is 0 Å². The number of anilines is 1. The normalized spacial score (nSPS) is 15.7. The highest BCUT2D eigenvalue weighted by Crippen LogP contribution is 2.31. The fourth-order valence-electron chi connectivity index (χ4n) is 2.20. The SMILES string of the molecule is CN1C(=O)C(=Cc2ccc(C(=O)Nc3ccccc3O)cc2)SC1=S. The molecular formula is C18H14N2O3S2. The Kier molecular flexibility index (Phi) is 4.87. The average Bonchev–Trinajstić information content (AvgIpc) is 2.84. The van der Waals surface area contributed by atoms with Crippen LogP contribution in [0.3, 0.4) is 0 Å². The Morgan fingerprint density at radius 3 is 2.48 bits per heavy atom. The third-order valence-corrected chi connectivity index (χ3v) is 5.09. The number of thioether (sulfide) groups is 1. The van der Waals surface area contributed by atoms with E-state index in [9.17, 15) is 14.7 Å². The molecule has 0 bridgehead atoms. The van der Waals surface area contributed by atoms with Gasteiger partial charge >= 0.3 is 0 Å². The number of aromatic hydroxyl groups is 1. The average molecular weight is 370 g/mol. The van der Waals surface area contributed by atoms with Crippen molar-refractivity contribution in [2.75, 3.05) is 12.4 Å². The zero-order valence-electron chi connectivity index (χ0n) is 13.2. The summed E-state index contributed by atoms with van der Waals surface area (Å²) in [6.45, 7) is 0.